The molecule has 11 heteroatoms. The monoisotopic (exact) mass is 483 g/mol. The quantitative estimate of drug-likeness (QED) is 0.274. The topological polar surface area (TPSA) is 108 Å². The van der Waals surface area contributed by atoms with E-state index in [1.165, 1.54) is 13.3 Å². The molecule has 9 nitrogen and oxygen atoms in total. The van der Waals surface area contributed by atoms with Gasteiger partial charge in [0.25, 0.3) is 5.91 Å². The van der Waals surface area contributed by atoms with Crippen LogP contribution >= 0.6 is 27.7 Å². The van der Waals surface area contributed by atoms with E-state index in [2.05, 4.69) is 36.2 Å². The molecule has 1 amide bonds. The van der Waals surface area contributed by atoms with Crippen molar-refractivity contribution in [3.05, 3.63) is 39.2 Å². The van der Waals surface area contributed by atoms with Crippen LogP contribution in [0.5, 0.6) is 5.75 Å². The Kier molecular flexibility index (Phi) is 7.81. The van der Waals surface area contributed by atoms with E-state index in [1.807, 2.05) is 18.2 Å². The second kappa shape index (κ2) is 10.5. The lowest BCUT2D eigenvalue weighted by Crippen LogP contribution is -2.19. The van der Waals surface area contributed by atoms with Gasteiger partial charge < -0.3 is 18.9 Å². The van der Waals surface area contributed by atoms with Crippen LogP contribution in [-0.4, -0.2) is 56.5 Å². The number of amides is 1. The molecule has 154 valence electrons. The number of ether oxygens (including phenoxy) is 4. The minimum Gasteiger partial charge on any atom is -0.493 e. The standard InChI is InChI=1S/C18H18BrN3O6S/c1-25-15(23)9-14-17(24)21-18(29-14)22-20-10-11-8-12(19)2-3-13(11)26-5-4-16-27-6-7-28-16/h2-3,8-10,16H,4-7H2,1H3,(H,21,22,24)/b14-9+,20-10?. The van der Waals surface area contributed by atoms with Crippen LogP contribution in [0.4, 0.5) is 0 Å². The Bertz CT molecular complexity index is 867. The lowest BCUT2D eigenvalue weighted by atomic mass is 10.2. The molecule has 3 rings (SSSR count). The molecule has 2 heterocycles. The van der Waals surface area contributed by atoms with Crippen molar-refractivity contribution in [1.29, 1.82) is 0 Å². The van der Waals surface area contributed by atoms with Gasteiger partial charge in [0.1, 0.15) is 5.75 Å². The summed E-state index contributed by atoms with van der Waals surface area (Å²) in [4.78, 5) is 23.3. The van der Waals surface area contributed by atoms with Gasteiger partial charge in [-0.3, -0.25) is 10.1 Å². The van der Waals surface area contributed by atoms with E-state index in [1.54, 1.807) is 0 Å². The van der Waals surface area contributed by atoms with Gasteiger partial charge in [-0.1, -0.05) is 15.9 Å². The molecule has 2 saturated heterocycles. The number of carbonyl (C=O) groups is 2. The first-order valence-corrected chi connectivity index (χ1v) is 10.2. The molecule has 0 unspecified atom stereocenters. The largest absolute Gasteiger partial charge is 0.493 e. The van der Waals surface area contributed by atoms with Crippen LogP contribution in [0.2, 0.25) is 0 Å². The molecule has 0 aliphatic carbocycles. The number of methoxy groups -OCH3 is 1. The van der Waals surface area contributed by atoms with Crippen molar-refractivity contribution >= 4 is 51.0 Å². The van der Waals surface area contributed by atoms with E-state index >= 15 is 0 Å². The molecule has 2 aliphatic heterocycles. The van der Waals surface area contributed by atoms with Crippen molar-refractivity contribution in [3.63, 3.8) is 0 Å². The van der Waals surface area contributed by atoms with E-state index < -0.39 is 11.9 Å². The normalized spacial score (nSPS) is 20.0. The zero-order valence-electron chi connectivity index (χ0n) is 15.4. The van der Waals surface area contributed by atoms with Gasteiger partial charge in [0.2, 0.25) is 0 Å². The second-order valence-corrected chi connectivity index (χ2v) is 7.67. The molecular formula is C18H18BrN3O6S. The van der Waals surface area contributed by atoms with Crippen LogP contribution in [0, 0.1) is 0 Å². The van der Waals surface area contributed by atoms with Crippen molar-refractivity contribution < 1.29 is 28.5 Å². The van der Waals surface area contributed by atoms with Crippen molar-refractivity contribution in [1.82, 2.24) is 5.32 Å². The highest BCUT2D eigenvalue weighted by molar-refractivity contribution is 9.10. The highest BCUT2D eigenvalue weighted by Gasteiger charge is 2.25. The molecule has 0 atom stereocenters. The highest BCUT2D eigenvalue weighted by Crippen LogP contribution is 2.24. The van der Waals surface area contributed by atoms with Crippen LogP contribution in [0.3, 0.4) is 0 Å². The number of hydrogen-bond acceptors (Lipinski definition) is 9. The fraction of sp³-hybridized carbons (Fsp3) is 0.333. The number of thioether (sulfide) groups is 1. The third-order valence-corrected chi connectivity index (χ3v) is 5.11. The SMILES string of the molecule is COC(=O)/C=C1/S/C(=N\N=Cc2cc(Br)ccc2OCCC2OCCO2)NC1=O. The average molecular weight is 484 g/mol. The van der Waals surface area contributed by atoms with Gasteiger partial charge in [-0.15, -0.1) is 5.10 Å². The molecule has 0 bridgehead atoms. The highest BCUT2D eigenvalue weighted by atomic mass is 79.9. The Hall–Kier alpha value is -2.21. The Morgan fingerprint density at radius 3 is 2.97 bits per heavy atom. The maximum absolute atomic E-state index is 11.8. The molecule has 1 N–H and O–H groups in total. The molecule has 0 spiro atoms. The number of benzene rings is 1. The summed E-state index contributed by atoms with van der Waals surface area (Å²) in [5.74, 6) is -0.418. The summed E-state index contributed by atoms with van der Waals surface area (Å²) >= 11 is 4.42. The summed E-state index contributed by atoms with van der Waals surface area (Å²) < 4.78 is 22.0. The summed E-state index contributed by atoms with van der Waals surface area (Å²) in [7, 11) is 1.24. The zero-order chi connectivity index (χ0) is 20.6. The van der Waals surface area contributed by atoms with Gasteiger partial charge in [0, 0.05) is 22.5 Å². The summed E-state index contributed by atoms with van der Waals surface area (Å²) in [6.07, 6.45) is 3.01. The second-order valence-electron chi connectivity index (χ2n) is 5.73. The van der Waals surface area contributed by atoms with Crippen molar-refractivity contribution in [3.8, 4) is 5.75 Å². The molecule has 0 radical (unpaired) electrons. The van der Waals surface area contributed by atoms with E-state index in [0.29, 0.717) is 37.6 Å². The Labute approximate surface area is 179 Å². The first kappa shape index (κ1) is 21.5. The predicted molar refractivity (Wildman–Crippen MR) is 111 cm³/mol. The molecule has 2 fully saturated rings. The maximum Gasteiger partial charge on any atom is 0.331 e. The molecule has 0 aromatic heterocycles. The fourth-order valence-corrected chi connectivity index (χ4v) is 3.49. The Morgan fingerprint density at radius 2 is 2.21 bits per heavy atom. The summed E-state index contributed by atoms with van der Waals surface area (Å²) in [6.45, 7) is 1.63. The van der Waals surface area contributed by atoms with E-state index in [9.17, 15) is 9.59 Å². The summed E-state index contributed by atoms with van der Waals surface area (Å²) in [6, 6.07) is 5.51. The van der Waals surface area contributed by atoms with Crippen LogP contribution in [-0.2, 0) is 23.8 Å². The molecule has 0 saturated carbocycles. The summed E-state index contributed by atoms with van der Waals surface area (Å²) in [5, 5.41) is 10.8. The average Bonchev–Trinajstić information content (AvgIpc) is 3.33. The minimum absolute atomic E-state index is 0.189. The predicted octanol–water partition coefficient (Wildman–Crippen LogP) is 2.20. The van der Waals surface area contributed by atoms with E-state index in [4.69, 9.17) is 14.2 Å². The van der Waals surface area contributed by atoms with Crippen molar-refractivity contribution in [2.24, 2.45) is 10.2 Å². The van der Waals surface area contributed by atoms with Crippen LogP contribution in [0.25, 0.3) is 0 Å². The van der Waals surface area contributed by atoms with Gasteiger partial charge in [-0.2, -0.15) is 5.10 Å². The minimum atomic E-state index is -0.614. The molecule has 1 aromatic carbocycles. The van der Waals surface area contributed by atoms with Gasteiger partial charge >= 0.3 is 5.97 Å². The van der Waals surface area contributed by atoms with E-state index in [-0.39, 0.29) is 16.4 Å². The fourth-order valence-electron chi connectivity index (χ4n) is 2.38. The van der Waals surface area contributed by atoms with E-state index in [0.717, 1.165) is 22.3 Å². The van der Waals surface area contributed by atoms with Crippen LogP contribution < -0.4 is 10.1 Å². The van der Waals surface area contributed by atoms with Crippen LogP contribution in [0.1, 0.15) is 12.0 Å². The van der Waals surface area contributed by atoms with Gasteiger partial charge in [0.05, 0.1) is 38.1 Å². The Morgan fingerprint density at radius 1 is 1.41 bits per heavy atom. The van der Waals surface area contributed by atoms with Crippen molar-refractivity contribution in [2.75, 3.05) is 26.9 Å². The number of amidine groups is 1. The first-order valence-electron chi connectivity index (χ1n) is 8.60. The molecular weight excluding hydrogens is 466 g/mol. The number of esters is 1. The first-order chi connectivity index (χ1) is 14.0. The molecule has 29 heavy (non-hydrogen) atoms. The third kappa shape index (κ3) is 6.39. The number of carbonyl (C=O) groups excluding carboxylic acids is 2. The van der Waals surface area contributed by atoms with Gasteiger partial charge in [0.15, 0.2) is 11.5 Å². The van der Waals surface area contributed by atoms with Crippen LogP contribution in [0.15, 0.2) is 43.9 Å². The van der Waals surface area contributed by atoms with Gasteiger partial charge in [-0.25, -0.2) is 4.79 Å². The smallest absolute Gasteiger partial charge is 0.331 e. The third-order valence-electron chi connectivity index (χ3n) is 3.72. The lowest BCUT2D eigenvalue weighted by molar-refractivity contribution is -0.135. The molecule has 2 aliphatic rings. The number of halogens is 1. The number of nitrogens with one attached hydrogen (secondary N) is 1. The lowest BCUT2D eigenvalue weighted by Gasteiger charge is -2.12. The van der Waals surface area contributed by atoms with Crippen molar-refractivity contribution in [2.45, 2.75) is 12.7 Å². The maximum atomic E-state index is 11.8. The number of rotatable bonds is 7. The molecule has 1 aromatic rings. The number of nitrogens with zero attached hydrogens (tertiary/aromatic N) is 2. The zero-order valence-corrected chi connectivity index (χ0v) is 17.8. The Balaban J connectivity index is 1.63. The summed E-state index contributed by atoms with van der Waals surface area (Å²) in [5.41, 5.74) is 0.705. The van der Waals surface area contributed by atoms with Gasteiger partial charge in [-0.05, 0) is 30.0 Å². The number of hydrogen-bond donors (Lipinski definition) is 1.